The molecule has 6 rings (SSSR count). The van der Waals surface area contributed by atoms with E-state index >= 15 is 0 Å². The zero-order valence-corrected chi connectivity index (χ0v) is 21.6. The van der Waals surface area contributed by atoms with Crippen molar-refractivity contribution in [3.05, 3.63) is 47.6 Å². The molecule has 4 aromatic rings. The van der Waals surface area contributed by atoms with Gasteiger partial charge in [-0.05, 0) is 25.0 Å². The Morgan fingerprint density at radius 3 is 2.68 bits per heavy atom. The second kappa shape index (κ2) is 9.12. The van der Waals surface area contributed by atoms with Crippen LogP contribution in [0.25, 0.3) is 22.6 Å². The molecule has 1 fully saturated rings. The lowest BCUT2D eigenvalue weighted by molar-refractivity contribution is -0.216. The van der Waals surface area contributed by atoms with E-state index in [9.17, 15) is 13.2 Å². The van der Waals surface area contributed by atoms with Crippen LogP contribution in [0.1, 0.15) is 25.1 Å². The van der Waals surface area contributed by atoms with E-state index in [2.05, 4.69) is 25.6 Å². The molecule has 1 saturated carbocycles. The van der Waals surface area contributed by atoms with Crippen LogP contribution in [0.3, 0.4) is 0 Å². The summed E-state index contributed by atoms with van der Waals surface area (Å²) in [6, 6.07) is 5.56. The molecule has 200 valence electrons. The maximum atomic E-state index is 14.3. The van der Waals surface area contributed by atoms with E-state index in [1.165, 1.54) is 0 Å². The van der Waals surface area contributed by atoms with Gasteiger partial charge in [0, 0.05) is 62.8 Å². The molecule has 1 aliphatic heterocycles. The number of fused-ring (bicyclic) bond motifs is 3. The number of rotatable bonds is 6. The Morgan fingerprint density at radius 1 is 1.21 bits per heavy atom. The second-order valence-corrected chi connectivity index (χ2v) is 10.4. The number of anilines is 2. The van der Waals surface area contributed by atoms with Gasteiger partial charge in [0.25, 0.3) is 0 Å². The Morgan fingerprint density at radius 2 is 2.03 bits per heavy atom. The average molecular weight is 547 g/mol. The molecule has 1 aliphatic carbocycles. The molecular formula is C25H26ClF3N8O. The molecule has 9 nitrogen and oxygen atoms in total. The minimum atomic E-state index is -4.40. The van der Waals surface area contributed by atoms with Crippen molar-refractivity contribution in [3.8, 4) is 22.6 Å². The van der Waals surface area contributed by atoms with Crippen LogP contribution in [0.2, 0.25) is 5.02 Å². The summed E-state index contributed by atoms with van der Waals surface area (Å²) in [5, 5.41) is 16.3. The number of methoxy groups -OCH3 is 1. The first-order valence-electron chi connectivity index (χ1n) is 12.3. The van der Waals surface area contributed by atoms with Crippen molar-refractivity contribution in [2.75, 3.05) is 19.0 Å². The number of hydrogen-bond donors (Lipinski definition) is 1. The molecule has 0 amide bonds. The highest BCUT2D eigenvalue weighted by Crippen LogP contribution is 2.54. The van der Waals surface area contributed by atoms with Gasteiger partial charge in [-0.2, -0.15) is 18.3 Å². The van der Waals surface area contributed by atoms with Crippen LogP contribution in [0.4, 0.5) is 24.8 Å². The predicted molar refractivity (Wildman–Crippen MR) is 135 cm³/mol. The van der Waals surface area contributed by atoms with Gasteiger partial charge in [-0.3, -0.25) is 4.68 Å². The molecular weight excluding hydrogens is 521 g/mol. The van der Waals surface area contributed by atoms with E-state index in [1.807, 2.05) is 36.0 Å². The SMILES string of the molecule is COCC1Cn2cc(-c3cc(Nc4ccnn4C)ncc3Cl)cc2-c2nnc(C3(C(F)(F)F)CCC3)n2C1. The maximum absolute atomic E-state index is 14.3. The van der Waals surface area contributed by atoms with Crippen molar-refractivity contribution < 1.29 is 17.9 Å². The molecule has 1 N–H and O–H groups in total. The van der Waals surface area contributed by atoms with Crippen LogP contribution in [-0.4, -0.2) is 54.0 Å². The smallest absolute Gasteiger partial charge is 0.384 e. The first kappa shape index (κ1) is 24.9. The lowest BCUT2D eigenvalue weighted by Crippen LogP contribution is -2.50. The lowest BCUT2D eigenvalue weighted by Gasteiger charge is -2.42. The fraction of sp³-hybridized carbons (Fsp3) is 0.440. The molecule has 38 heavy (non-hydrogen) atoms. The Hall–Kier alpha value is -3.38. The minimum absolute atomic E-state index is 0.00633. The summed E-state index contributed by atoms with van der Waals surface area (Å²) in [6.07, 6.45) is 1.35. The molecule has 1 unspecified atom stereocenters. The molecule has 5 heterocycles. The third-order valence-electron chi connectivity index (χ3n) is 7.60. The Labute approximate surface area is 221 Å². The summed E-state index contributed by atoms with van der Waals surface area (Å²) < 4.78 is 53.5. The number of nitrogens with one attached hydrogen (secondary N) is 1. The summed E-state index contributed by atoms with van der Waals surface area (Å²) in [5.74, 6) is 1.67. The first-order valence-corrected chi connectivity index (χ1v) is 12.7. The predicted octanol–water partition coefficient (Wildman–Crippen LogP) is 5.20. The number of aryl methyl sites for hydroxylation is 1. The van der Waals surface area contributed by atoms with Crippen LogP contribution in [0.5, 0.6) is 0 Å². The second-order valence-electron chi connectivity index (χ2n) is 9.99. The van der Waals surface area contributed by atoms with E-state index < -0.39 is 11.6 Å². The first-order chi connectivity index (χ1) is 18.2. The average Bonchev–Trinajstić information content (AvgIpc) is 3.51. The maximum Gasteiger partial charge on any atom is 0.401 e. The van der Waals surface area contributed by atoms with Crippen molar-refractivity contribution >= 4 is 23.2 Å². The van der Waals surface area contributed by atoms with Crippen molar-refractivity contribution in [2.24, 2.45) is 13.0 Å². The summed E-state index contributed by atoms with van der Waals surface area (Å²) in [7, 11) is 3.41. The minimum Gasteiger partial charge on any atom is -0.384 e. The van der Waals surface area contributed by atoms with Crippen LogP contribution in [-0.2, 0) is 30.3 Å². The largest absolute Gasteiger partial charge is 0.401 e. The van der Waals surface area contributed by atoms with Gasteiger partial charge in [0.2, 0.25) is 0 Å². The van der Waals surface area contributed by atoms with Crippen LogP contribution in [0.15, 0.2) is 36.8 Å². The third kappa shape index (κ3) is 3.97. The van der Waals surface area contributed by atoms with Crippen LogP contribution >= 0.6 is 11.6 Å². The number of pyridine rings is 1. The highest BCUT2D eigenvalue weighted by Gasteiger charge is 2.62. The van der Waals surface area contributed by atoms with Gasteiger partial charge in [0.05, 0.1) is 23.5 Å². The number of aromatic nitrogens is 7. The fourth-order valence-corrected chi connectivity index (χ4v) is 5.68. The van der Waals surface area contributed by atoms with E-state index in [1.54, 1.807) is 28.8 Å². The molecule has 13 heteroatoms. The summed E-state index contributed by atoms with van der Waals surface area (Å²) >= 11 is 6.56. The van der Waals surface area contributed by atoms with Crippen molar-refractivity contribution in [3.63, 3.8) is 0 Å². The summed E-state index contributed by atoms with van der Waals surface area (Å²) in [5.41, 5.74) is 0.250. The monoisotopic (exact) mass is 546 g/mol. The molecule has 0 radical (unpaired) electrons. The number of halogens is 4. The van der Waals surface area contributed by atoms with Gasteiger partial charge in [-0.15, -0.1) is 10.2 Å². The van der Waals surface area contributed by atoms with Gasteiger partial charge in [-0.25, -0.2) is 4.98 Å². The summed E-state index contributed by atoms with van der Waals surface area (Å²) in [6.45, 7) is 1.28. The number of alkyl halides is 3. The highest BCUT2D eigenvalue weighted by molar-refractivity contribution is 6.33. The number of ether oxygens (including phenoxy) is 1. The quantitative estimate of drug-likeness (QED) is 0.358. The van der Waals surface area contributed by atoms with Crippen molar-refractivity contribution in [1.29, 1.82) is 0 Å². The molecule has 0 saturated heterocycles. The van der Waals surface area contributed by atoms with Gasteiger partial charge in [0.15, 0.2) is 5.82 Å². The fourth-order valence-electron chi connectivity index (χ4n) is 5.47. The molecule has 2 aliphatic rings. The Balaban J connectivity index is 1.43. The van der Waals surface area contributed by atoms with E-state index in [0.29, 0.717) is 48.5 Å². The number of hydrogen-bond acceptors (Lipinski definition) is 6. The number of nitrogens with zero attached hydrogens (tertiary/aromatic N) is 7. The Kier molecular flexibility index (Phi) is 5.98. The molecule has 0 bridgehead atoms. The van der Waals surface area contributed by atoms with E-state index in [4.69, 9.17) is 16.3 Å². The zero-order chi connectivity index (χ0) is 26.7. The van der Waals surface area contributed by atoms with Gasteiger partial charge in [-0.1, -0.05) is 18.0 Å². The van der Waals surface area contributed by atoms with E-state index in [0.717, 1.165) is 16.9 Å². The summed E-state index contributed by atoms with van der Waals surface area (Å²) in [4.78, 5) is 4.38. The van der Waals surface area contributed by atoms with Crippen molar-refractivity contribution in [2.45, 2.75) is 43.9 Å². The van der Waals surface area contributed by atoms with Crippen LogP contribution < -0.4 is 5.32 Å². The highest BCUT2D eigenvalue weighted by atomic mass is 35.5. The van der Waals surface area contributed by atoms with Crippen molar-refractivity contribution in [1.82, 2.24) is 34.1 Å². The molecule has 0 spiro atoms. The van der Waals surface area contributed by atoms with Gasteiger partial charge < -0.3 is 19.2 Å². The molecule has 4 aromatic heterocycles. The standard InChI is InChI=1S/C25H26ClF3N8O/c1-35-21(4-7-31-35)32-20-9-17(18(26)10-30-20)16-8-19-22-33-34-23(24(5-3-6-24)25(27,28)29)37(22)12-15(14-38-2)11-36(19)13-16/h4,7-10,13,15H,3,5-6,11-12,14H2,1-2H3,(H,30,32). The topological polar surface area (TPSA) is 87.6 Å². The van der Waals surface area contributed by atoms with Gasteiger partial charge in [0.1, 0.15) is 22.9 Å². The zero-order valence-electron chi connectivity index (χ0n) is 20.8. The molecule has 0 aromatic carbocycles. The normalized spacial score (nSPS) is 18.4. The lowest BCUT2D eigenvalue weighted by atomic mass is 9.67. The van der Waals surface area contributed by atoms with Crippen LogP contribution in [0, 0.1) is 5.92 Å². The molecule has 1 atom stereocenters. The van der Waals surface area contributed by atoms with Gasteiger partial charge >= 0.3 is 6.18 Å². The van der Waals surface area contributed by atoms with E-state index in [-0.39, 0.29) is 24.6 Å². The third-order valence-corrected chi connectivity index (χ3v) is 7.90. The Bertz CT molecular complexity index is 1490.